The summed E-state index contributed by atoms with van der Waals surface area (Å²) in [7, 11) is 0. The third-order valence-electron chi connectivity index (χ3n) is 3.33. The lowest BCUT2D eigenvalue weighted by Gasteiger charge is -2.19. The van der Waals surface area contributed by atoms with Gasteiger partial charge in [-0.3, -0.25) is 14.4 Å². The molecule has 3 N–H and O–H groups in total. The summed E-state index contributed by atoms with van der Waals surface area (Å²) in [6.07, 6.45) is 2.68. The van der Waals surface area contributed by atoms with Crippen molar-refractivity contribution in [3.05, 3.63) is 48.0 Å². The Morgan fingerprint density at radius 2 is 2.00 bits per heavy atom. The van der Waals surface area contributed by atoms with Gasteiger partial charge < -0.3 is 15.7 Å². The number of nitrogens with one attached hydrogen (secondary N) is 2. The van der Waals surface area contributed by atoms with Crippen molar-refractivity contribution in [2.75, 3.05) is 6.54 Å². The minimum atomic E-state index is -1.13. The normalized spacial score (nSPS) is 11.3. The summed E-state index contributed by atoms with van der Waals surface area (Å²) in [5.74, 6) is -1.91. The molecule has 0 aromatic heterocycles. The summed E-state index contributed by atoms with van der Waals surface area (Å²) in [4.78, 5) is 34.6. The highest BCUT2D eigenvalue weighted by Gasteiger charge is 2.22. The van der Waals surface area contributed by atoms with Gasteiger partial charge in [0.1, 0.15) is 12.6 Å². The van der Waals surface area contributed by atoms with Gasteiger partial charge in [-0.25, -0.2) is 0 Å². The molecule has 1 aromatic rings. The number of carbonyl (C=O) groups excluding carboxylic acids is 2. The Labute approximate surface area is 135 Å². The van der Waals surface area contributed by atoms with Crippen LogP contribution in [0, 0.1) is 6.92 Å². The molecule has 0 saturated carbocycles. The number of amides is 2. The van der Waals surface area contributed by atoms with Gasteiger partial charge >= 0.3 is 5.97 Å². The lowest BCUT2D eigenvalue weighted by Crippen LogP contribution is -2.49. The second kappa shape index (κ2) is 9.40. The van der Waals surface area contributed by atoms with Crippen LogP contribution in [0.4, 0.5) is 0 Å². The first-order valence-corrected chi connectivity index (χ1v) is 7.38. The number of benzene rings is 1. The van der Waals surface area contributed by atoms with E-state index in [4.69, 9.17) is 5.11 Å². The van der Waals surface area contributed by atoms with Crippen LogP contribution < -0.4 is 10.6 Å². The van der Waals surface area contributed by atoms with Crippen LogP contribution in [-0.2, 0) is 20.8 Å². The molecule has 0 aliphatic heterocycles. The number of allylic oxidation sites excluding steroid dienone is 1. The molecule has 124 valence electrons. The van der Waals surface area contributed by atoms with Crippen molar-refractivity contribution in [1.82, 2.24) is 10.6 Å². The van der Waals surface area contributed by atoms with E-state index in [1.165, 1.54) is 0 Å². The van der Waals surface area contributed by atoms with Crippen molar-refractivity contribution in [2.45, 2.75) is 32.2 Å². The fourth-order valence-electron chi connectivity index (χ4n) is 2.05. The number of carbonyl (C=O) groups is 3. The molecular weight excluding hydrogens is 296 g/mol. The van der Waals surface area contributed by atoms with E-state index in [1.807, 2.05) is 31.2 Å². The largest absolute Gasteiger partial charge is 0.480 e. The first-order chi connectivity index (χ1) is 10.9. The minimum Gasteiger partial charge on any atom is -0.480 e. The molecule has 1 atom stereocenters. The van der Waals surface area contributed by atoms with Crippen LogP contribution in [0.15, 0.2) is 36.9 Å². The van der Waals surface area contributed by atoms with Gasteiger partial charge in [-0.2, -0.15) is 0 Å². The molecule has 1 rings (SSSR count). The molecule has 23 heavy (non-hydrogen) atoms. The zero-order valence-corrected chi connectivity index (χ0v) is 13.2. The number of hydrogen-bond donors (Lipinski definition) is 3. The van der Waals surface area contributed by atoms with E-state index in [2.05, 4.69) is 17.2 Å². The second-order valence-electron chi connectivity index (χ2n) is 5.19. The van der Waals surface area contributed by atoms with Crippen LogP contribution >= 0.6 is 0 Å². The van der Waals surface area contributed by atoms with Gasteiger partial charge in [0, 0.05) is 12.8 Å². The standard InChI is InChI=1S/C17H22N2O4/c1-3-4-9-15(20)19-14(17(23)18-11-16(21)22)10-13-8-6-5-7-12(13)2/h3,5-8,14H,1,4,9-11H2,2H3,(H,18,23)(H,19,20)(H,21,22)/t14-/m0/s1. The molecule has 6 nitrogen and oxygen atoms in total. The molecule has 0 saturated heterocycles. The van der Waals surface area contributed by atoms with E-state index in [1.54, 1.807) is 6.08 Å². The van der Waals surface area contributed by atoms with Crippen molar-refractivity contribution < 1.29 is 19.5 Å². The van der Waals surface area contributed by atoms with Crippen LogP contribution in [0.3, 0.4) is 0 Å². The molecule has 0 aliphatic carbocycles. The highest BCUT2D eigenvalue weighted by molar-refractivity contribution is 5.89. The van der Waals surface area contributed by atoms with E-state index in [0.29, 0.717) is 12.8 Å². The Balaban J connectivity index is 2.80. The highest BCUT2D eigenvalue weighted by Crippen LogP contribution is 2.10. The highest BCUT2D eigenvalue weighted by atomic mass is 16.4. The Morgan fingerprint density at radius 1 is 1.30 bits per heavy atom. The summed E-state index contributed by atoms with van der Waals surface area (Å²) in [6.45, 7) is 4.99. The Bertz CT molecular complexity index is 584. The predicted octanol–water partition coefficient (Wildman–Crippen LogP) is 1.19. The SMILES string of the molecule is C=CCCC(=O)N[C@@H](Cc1ccccc1C)C(=O)NCC(=O)O. The summed E-state index contributed by atoms with van der Waals surface area (Å²) in [5, 5.41) is 13.6. The molecule has 0 bridgehead atoms. The van der Waals surface area contributed by atoms with Gasteiger partial charge in [0.2, 0.25) is 11.8 Å². The fraction of sp³-hybridized carbons (Fsp3) is 0.353. The van der Waals surface area contributed by atoms with Gasteiger partial charge in [-0.05, 0) is 24.5 Å². The zero-order valence-electron chi connectivity index (χ0n) is 13.2. The Morgan fingerprint density at radius 3 is 2.61 bits per heavy atom. The summed E-state index contributed by atoms with van der Waals surface area (Å²) in [5.41, 5.74) is 1.93. The molecular formula is C17H22N2O4. The monoisotopic (exact) mass is 318 g/mol. The number of carboxylic acids is 1. The number of rotatable bonds is 9. The van der Waals surface area contributed by atoms with E-state index < -0.39 is 24.5 Å². The maximum atomic E-state index is 12.2. The van der Waals surface area contributed by atoms with Crippen molar-refractivity contribution >= 4 is 17.8 Å². The zero-order chi connectivity index (χ0) is 17.2. The molecule has 0 radical (unpaired) electrons. The van der Waals surface area contributed by atoms with Crippen LogP contribution in [0.5, 0.6) is 0 Å². The first kappa shape index (κ1) is 18.4. The van der Waals surface area contributed by atoms with E-state index >= 15 is 0 Å². The number of carboxylic acid groups (broad SMARTS) is 1. The molecule has 2 amide bonds. The molecule has 0 heterocycles. The number of hydrogen-bond acceptors (Lipinski definition) is 3. The Hall–Kier alpha value is -2.63. The molecule has 6 heteroatoms. The summed E-state index contributed by atoms with van der Waals surface area (Å²) < 4.78 is 0. The lowest BCUT2D eigenvalue weighted by atomic mass is 10.0. The van der Waals surface area contributed by atoms with Gasteiger partial charge in [0.15, 0.2) is 0 Å². The van der Waals surface area contributed by atoms with E-state index in [9.17, 15) is 14.4 Å². The van der Waals surface area contributed by atoms with Crippen molar-refractivity contribution in [2.24, 2.45) is 0 Å². The van der Waals surface area contributed by atoms with Crippen molar-refractivity contribution in [3.8, 4) is 0 Å². The van der Waals surface area contributed by atoms with Crippen molar-refractivity contribution in [1.29, 1.82) is 0 Å². The summed E-state index contributed by atoms with van der Waals surface area (Å²) in [6, 6.07) is 6.73. The molecule has 0 unspecified atom stereocenters. The smallest absolute Gasteiger partial charge is 0.322 e. The third-order valence-corrected chi connectivity index (χ3v) is 3.33. The predicted molar refractivity (Wildman–Crippen MR) is 86.9 cm³/mol. The van der Waals surface area contributed by atoms with Crippen molar-refractivity contribution in [3.63, 3.8) is 0 Å². The number of aryl methyl sites for hydroxylation is 1. The molecule has 1 aromatic carbocycles. The molecule has 0 spiro atoms. The summed E-state index contributed by atoms with van der Waals surface area (Å²) >= 11 is 0. The fourth-order valence-corrected chi connectivity index (χ4v) is 2.05. The molecule has 0 fully saturated rings. The maximum Gasteiger partial charge on any atom is 0.322 e. The lowest BCUT2D eigenvalue weighted by molar-refractivity contribution is -0.138. The third kappa shape index (κ3) is 6.78. The first-order valence-electron chi connectivity index (χ1n) is 7.38. The average Bonchev–Trinajstić information content (AvgIpc) is 2.51. The van der Waals surface area contributed by atoms with Gasteiger partial charge in [0.25, 0.3) is 0 Å². The van der Waals surface area contributed by atoms with Crippen LogP contribution in [-0.4, -0.2) is 35.5 Å². The quantitative estimate of drug-likeness (QED) is 0.596. The molecule has 0 aliphatic rings. The number of aliphatic carboxylic acids is 1. The van der Waals surface area contributed by atoms with E-state index in [-0.39, 0.29) is 12.3 Å². The van der Waals surface area contributed by atoms with E-state index in [0.717, 1.165) is 11.1 Å². The van der Waals surface area contributed by atoms with Gasteiger partial charge in [-0.15, -0.1) is 6.58 Å². The second-order valence-corrected chi connectivity index (χ2v) is 5.19. The van der Waals surface area contributed by atoms with Crippen LogP contribution in [0.1, 0.15) is 24.0 Å². The van der Waals surface area contributed by atoms with Gasteiger partial charge in [0.05, 0.1) is 0 Å². The maximum absolute atomic E-state index is 12.2. The minimum absolute atomic E-state index is 0.236. The van der Waals surface area contributed by atoms with Crippen LogP contribution in [0.2, 0.25) is 0 Å². The average molecular weight is 318 g/mol. The Kier molecular flexibility index (Phi) is 7.53. The topological polar surface area (TPSA) is 95.5 Å². The van der Waals surface area contributed by atoms with Crippen LogP contribution in [0.25, 0.3) is 0 Å². The van der Waals surface area contributed by atoms with Gasteiger partial charge in [-0.1, -0.05) is 30.3 Å².